The van der Waals surface area contributed by atoms with Gasteiger partial charge in [0.2, 0.25) is 0 Å². The van der Waals surface area contributed by atoms with Gasteiger partial charge < -0.3 is 4.98 Å². The van der Waals surface area contributed by atoms with E-state index in [1.165, 1.54) is 0 Å². The molecule has 19 heavy (non-hydrogen) atoms. The van der Waals surface area contributed by atoms with E-state index in [1.54, 1.807) is 0 Å². The van der Waals surface area contributed by atoms with Crippen molar-refractivity contribution in [3.8, 4) is 5.69 Å². The zero-order chi connectivity index (χ0) is 13.7. The number of halogens is 2. The minimum absolute atomic E-state index is 0.633. The Labute approximate surface area is 128 Å². The lowest BCUT2D eigenvalue weighted by Gasteiger charge is -2.07. The second-order valence-electron chi connectivity index (χ2n) is 4.27. The number of nitrogens with zero attached hydrogens (tertiary/aromatic N) is 3. The molecule has 7 heteroatoms. The first-order chi connectivity index (χ1) is 8.99. The molecular weight excluding hydrogens is 348 g/mol. The number of aryl methyl sites for hydroxylation is 2. The number of hydrogen-bond acceptors (Lipinski definition) is 2. The average molecular weight is 358 g/mol. The fraction of sp³-hybridized carbons (Fsp3) is 0.167. The molecular formula is C12H10BrClN4S. The van der Waals surface area contributed by atoms with E-state index in [-0.39, 0.29) is 0 Å². The van der Waals surface area contributed by atoms with Gasteiger partial charge in [-0.1, -0.05) is 11.6 Å². The highest BCUT2D eigenvalue weighted by molar-refractivity contribution is 9.10. The summed E-state index contributed by atoms with van der Waals surface area (Å²) in [4.78, 5) is 3.20. The van der Waals surface area contributed by atoms with Crippen molar-refractivity contribution in [3.05, 3.63) is 38.2 Å². The highest BCUT2D eigenvalue weighted by Gasteiger charge is 2.15. The van der Waals surface area contributed by atoms with Crippen LogP contribution in [0.15, 0.2) is 22.7 Å². The Balaban J connectivity index is 2.42. The normalized spacial score (nSPS) is 11.4. The van der Waals surface area contributed by atoms with Crippen LogP contribution in [0.25, 0.3) is 16.9 Å². The smallest absolute Gasteiger partial charge is 0.184 e. The van der Waals surface area contributed by atoms with Crippen LogP contribution in [0, 0.1) is 11.7 Å². The molecule has 1 N–H and O–H groups in total. The minimum atomic E-state index is 0.633. The van der Waals surface area contributed by atoms with Crippen molar-refractivity contribution >= 4 is 50.9 Å². The molecule has 98 valence electrons. The van der Waals surface area contributed by atoms with Gasteiger partial charge in [0.25, 0.3) is 0 Å². The number of rotatable bonds is 1. The van der Waals surface area contributed by atoms with Crippen LogP contribution in [0.5, 0.6) is 0 Å². The lowest BCUT2D eigenvalue weighted by molar-refractivity contribution is 0.759. The van der Waals surface area contributed by atoms with Crippen LogP contribution in [0.1, 0.15) is 5.69 Å². The molecule has 2 aromatic heterocycles. The maximum atomic E-state index is 5.98. The standard InChI is InChI=1S/C12H10BrClN4S/c1-6-10-11(17(2)16-6)18(12(19)15-10)9-4-3-7(14)5-8(9)13/h3-5H,1-2H3,(H,15,19). The van der Waals surface area contributed by atoms with Gasteiger partial charge in [0.15, 0.2) is 10.4 Å². The van der Waals surface area contributed by atoms with Gasteiger partial charge in [0.1, 0.15) is 5.52 Å². The van der Waals surface area contributed by atoms with Crippen molar-refractivity contribution in [3.63, 3.8) is 0 Å². The third-order valence-corrected chi connectivity index (χ3v) is 4.14. The summed E-state index contributed by atoms with van der Waals surface area (Å²) in [6, 6.07) is 5.62. The van der Waals surface area contributed by atoms with Crippen molar-refractivity contribution < 1.29 is 0 Å². The number of H-pyrrole nitrogens is 1. The van der Waals surface area contributed by atoms with Gasteiger partial charge in [0.05, 0.1) is 11.4 Å². The number of nitrogens with one attached hydrogen (secondary N) is 1. The van der Waals surface area contributed by atoms with Crippen LogP contribution in [0.2, 0.25) is 5.02 Å². The molecule has 0 radical (unpaired) electrons. The highest BCUT2D eigenvalue weighted by Crippen LogP contribution is 2.28. The number of hydrogen-bond donors (Lipinski definition) is 1. The Morgan fingerprint density at radius 2 is 2.16 bits per heavy atom. The van der Waals surface area contributed by atoms with Crippen molar-refractivity contribution in [2.75, 3.05) is 0 Å². The maximum absolute atomic E-state index is 5.98. The van der Waals surface area contributed by atoms with Crippen LogP contribution in [-0.2, 0) is 7.05 Å². The van der Waals surface area contributed by atoms with Gasteiger partial charge in [-0.2, -0.15) is 5.10 Å². The van der Waals surface area contributed by atoms with E-state index in [0.717, 1.165) is 27.0 Å². The van der Waals surface area contributed by atoms with Gasteiger partial charge in [0, 0.05) is 16.5 Å². The molecule has 0 aliphatic rings. The molecule has 0 fully saturated rings. The van der Waals surface area contributed by atoms with Gasteiger partial charge in [-0.3, -0.25) is 4.57 Å². The molecule has 1 aromatic carbocycles. The molecule has 0 bridgehead atoms. The Hall–Kier alpha value is -1.11. The molecule has 0 amide bonds. The zero-order valence-electron chi connectivity index (χ0n) is 10.2. The summed E-state index contributed by atoms with van der Waals surface area (Å²) in [5.74, 6) is 0. The van der Waals surface area contributed by atoms with E-state index in [0.29, 0.717) is 9.79 Å². The van der Waals surface area contributed by atoms with Gasteiger partial charge in [-0.25, -0.2) is 4.68 Å². The third-order valence-electron chi connectivity index (χ3n) is 2.99. The van der Waals surface area contributed by atoms with Crippen LogP contribution < -0.4 is 0 Å². The van der Waals surface area contributed by atoms with Crippen molar-refractivity contribution in [1.82, 2.24) is 19.3 Å². The second-order valence-corrected chi connectivity index (χ2v) is 5.95. The molecule has 0 unspecified atom stereocenters. The lowest BCUT2D eigenvalue weighted by Crippen LogP contribution is -2.01. The molecule has 4 nitrogen and oxygen atoms in total. The predicted molar refractivity (Wildman–Crippen MR) is 82.7 cm³/mol. The molecule has 2 heterocycles. The van der Waals surface area contributed by atoms with Gasteiger partial charge >= 0.3 is 0 Å². The molecule has 0 saturated heterocycles. The molecule has 0 atom stereocenters. The van der Waals surface area contributed by atoms with E-state index in [1.807, 2.05) is 41.4 Å². The van der Waals surface area contributed by atoms with E-state index in [4.69, 9.17) is 23.8 Å². The van der Waals surface area contributed by atoms with E-state index in [2.05, 4.69) is 26.0 Å². The third kappa shape index (κ3) is 1.94. The zero-order valence-corrected chi connectivity index (χ0v) is 13.4. The average Bonchev–Trinajstić information content (AvgIpc) is 2.79. The summed E-state index contributed by atoms with van der Waals surface area (Å²) in [5, 5.41) is 5.08. The largest absolute Gasteiger partial charge is 0.327 e. The van der Waals surface area contributed by atoms with Crippen LogP contribution in [-0.4, -0.2) is 19.3 Å². The molecule has 0 aliphatic carbocycles. The fourth-order valence-corrected chi connectivity index (χ4v) is 3.34. The summed E-state index contributed by atoms with van der Waals surface area (Å²) in [6.45, 7) is 1.95. The van der Waals surface area contributed by atoms with Crippen LogP contribution in [0.3, 0.4) is 0 Å². The minimum Gasteiger partial charge on any atom is -0.327 e. The molecule has 0 saturated carbocycles. The maximum Gasteiger partial charge on any atom is 0.184 e. The van der Waals surface area contributed by atoms with Gasteiger partial charge in [-0.05, 0) is 53.3 Å². The first-order valence-electron chi connectivity index (χ1n) is 5.59. The summed E-state index contributed by atoms with van der Waals surface area (Å²) >= 11 is 14.9. The first-order valence-corrected chi connectivity index (χ1v) is 7.16. The number of aromatic amines is 1. The Bertz CT molecular complexity index is 845. The summed E-state index contributed by atoms with van der Waals surface area (Å²) in [5.41, 5.74) is 3.75. The quantitative estimate of drug-likeness (QED) is 0.665. The molecule has 0 aliphatic heterocycles. The first kappa shape index (κ1) is 12.9. The van der Waals surface area contributed by atoms with E-state index >= 15 is 0 Å². The monoisotopic (exact) mass is 356 g/mol. The number of imidazole rings is 1. The van der Waals surface area contributed by atoms with Crippen molar-refractivity contribution in [1.29, 1.82) is 0 Å². The topological polar surface area (TPSA) is 38.5 Å². The summed E-state index contributed by atoms with van der Waals surface area (Å²) in [7, 11) is 1.90. The summed E-state index contributed by atoms with van der Waals surface area (Å²) < 4.78 is 5.29. The highest BCUT2D eigenvalue weighted by atomic mass is 79.9. The number of fused-ring (bicyclic) bond motifs is 1. The van der Waals surface area contributed by atoms with Gasteiger partial charge in [-0.15, -0.1) is 0 Å². The van der Waals surface area contributed by atoms with Crippen molar-refractivity contribution in [2.24, 2.45) is 7.05 Å². The van der Waals surface area contributed by atoms with E-state index in [9.17, 15) is 0 Å². The number of benzene rings is 1. The Morgan fingerprint density at radius 1 is 1.42 bits per heavy atom. The predicted octanol–water partition coefficient (Wildman–Crippen LogP) is 4.15. The summed E-state index contributed by atoms with van der Waals surface area (Å²) in [6.07, 6.45) is 0. The molecule has 3 aromatic rings. The Morgan fingerprint density at radius 3 is 2.84 bits per heavy atom. The van der Waals surface area contributed by atoms with Crippen molar-refractivity contribution in [2.45, 2.75) is 6.92 Å². The number of aromatic nitrogens is 4. The molecule has 3 rings (SSSR count). The Kier molecular flexibility index (Phi) is 3.03. The second kappa shape index (κ2) is 4.47. The SMILES string of the molecule is Cc1nn(C)c2c1[nH]c(=S)n2-c1ccc(Cl)cc1Br. The van der Waals surface area contributed by atoms with E-state index < -0.39 is 0 Å². The molecule has 0 spiro atoms. The fourth-order valence-electron chi connectivity index (χ4n) is 2.19. The van der Waals surface area contributed by atoms with Crippen LogP contribution >= 0.6 is 39.7 Å². The lowest BCUT2D eigenvalue weighted by atomic mass is 10.3. The van der Waals surface area contributed by atoms with Crippen LogP contribution in [0.4, 0.5) is 0 Å².